The van der Waals surface area contributed by atoms with Gasteiger partial charge < -0.3 is 4.98 Å². The first kappa shape index (κ1) is 18.0. The number of H-pyrrole nitrogens is 1. The van der Waals surface area contributed by atoms with Gasteiger partial charge in [-0.2, -0.15) is 0 Å². The summed E-state index contributed by atoms with van der Waals surface area (Å²) in [5.74, 6) is 0. The maximum Gasteiger partial charge on any atom is 0.242 e. The second-order valence-corrected chi connectivity index (χ2v) is 9.77. The van der Waals surface area contributed by atoms with Crippen LogP contribution in [0.25, 0.3) is 32.6 Å². The summed E-state index contributed by atoms with van der Waals surface area (Å²) in [4.78, 5) is 4.88. The number of hydrogen-bond donors (Lipinski definition) is 1. The molecule has 0 saturated heterocycles. The lowest BCUT2D eigenvalue weighted by Gasteiger charge is -2.15. The standard InChI is InChI=1S/C21H20N2O2S2/c1-14-10-11-26-21(14)17-9-8-16(27(24,25)23(2)3)13-18(17)20-12-15-6-4-5-7-19(15)22-20/h4-13,22H,1-3H3. The lowest BCUT2D eigenvalue weighted by atomic mass is 10.0. The van der Waals surface area contributed by atoms with Crippen LogP contribution in [0, 0.1) is 6.92 Å². The molecule has 0 aliphatic rings. The third-order valence-electron chi connectivity index (χ3n) is 4.70. The molecule has 0 amide bonds. The average Bonchev–Trinajstić information content (AvgIpc) is 3.26. The Morgan fingerprint density at radius 1 is 0.963 bits per heavy atom. The average molecular weight is 397 g/mol. The molecule has 27 heavy (non-hydrogen) atoms. The third-order valence-corrected chi connectivity index (χ3v) is 7.56. The second-order valence-electron chi connectivity index (χ2n) is 6.70. The number of hydrogen-bond acceptors (Lipinski definition) is 3. The number of fused-ring (bicyclic) bond motifs is 1. The van der Waals surface area contributed by atoms with Crippen LogP contribution >= 0.6 is 11.3 Å². The van der Waals surface area contributed by atoms with Gasteiger partial charge in [-0.05, 0) is 48.2 Å². The molecule has 0 aliphatic heterocycles. The molecule has 4 nitrogen and oxygen atoms in total. The fourth-order valence-corrected chi connectivity index (χ4v) is 5.08. The summed E-state index contributed by atoms with van der Waals surface area (Å²) in [5, 5.41) is 3.16. The van der Waals surface area contributed by atoms with Gasteiger partial charge in [-0.15, -0.1) is 11.3 Å². The van der Waals surface area contributed by atoms with E-state index in [1.54, 1.807) is 37.6 Å². The highest BCUT2D eigenvalue weighted by atomic mass is 32.2. The lowest BCUT2D eigenvalue weighted by molar-refractivity contribution is 0.521. The molecule has 2 aromatic carbocycles. The van der Waals surface area contributed by atoms with Gasteiger partial charge in [0.05, 0.1) is 4.90 Å². The van der Waals surface area contributed by atoms with Gasteiger partial charge in [0.25, 0.3) is 0 Å². The molecule has 138 valence electrons. The number of aromatic amines is 1. The first-order chi connectivity index (χ1) is 12.9. The Bertz CT molecular complexity index is 1200. The van der Waals surface area contributed by atoms with Crippen molar-refractivity contribution in [3.63, 3.8) is 0 Å². The number of thiophene rings is 1. The number of nitrogens with one attached hydrogen (secondary N) is 1. The van der Waals surface area contributed by atoms with Crippen LogP contribution in [0.5, 0.6) is 0 Å². The molecule has 6 heteroatoms. The van der Waals surface area contributed by atoms with E-state index in [0.29, 0.717) is 4.90 Å². The molecule has 2 heterocycles. The molecule has 0 radical (unpaired) electrons. The van der Waals surface area contributed by atoms with Crippen molar-refractivity contribution < 1.29 is 8.42 Å². The molecule has 0 saturated carbocycles. The van der Waals surface area contributed by atoms with Crippen molar-refractivity contribution in [3.05, 3.63) is 65.5 Å². The summed E-state index contributed by atoms with van der Waals surface area (Å²) in [6, 6.07) is 17.6. The monoisotopic (exact) mass is 396 g/mol. The second kappa shape index (κ2) is 6.64. The summed E-state index contributed by atoms with van der Waals surface area (Å²) in [6.07, 6.45) is 0. The van der Waals surface area contributed by atoms with Crippen molar-refractivity contribution >= 4 is 32.3 Å². The van der Waals surface area contributed by atoms with Gasteiger partial charge in [-0.3, -0.25) is 0 Å². The Kier molecular flexibility index (Phi) is 4.42. The van der Waals surface area contributed by atoms with E-state index in [4.69, 9.17) is 0 Å². The molecular weight excluding hydrogens is 376 g/mol. The van der Waals surface area contributed by atoms with Crippen LogP contribution in [0.15, 0.2) is 64.9 Å². The van der Waals surface area contributed by atoms with E-state index in [2.05, 4.69) is 29.4 Å². The van der Waals surface area contributed by atoms with E-state index in [0.717, 1.165) is 32.6 Å². The predicted molar refractivity (Wildman–Crippen MR) is 113 cm³/mol. The van der Waals surface area contributed by atoms with Crippen LogP contribution in [0.2, 0.25) is 0 Å². The fraction of sp³-hybridized carbons (Fsp3) is 0.143. The number of para-hydroxylation sites is 1. The van der Waals surface area contributed by atoms with Crippen molar-refractivity contribution in [1.29, 1.82) is 0 Å². The smallest absolute Gasteiger partial charge is 0.242 e. The largest absolute Gasteiger partial charge is 0.355 e. The summed E-state index contributed by atoms with van der Waals surface area (Å²) in [6.45, 7) is 2.07. The Morgan fingerprint density at radius 2 is 1.74 bits per heavy atom. The van der Waals surface area contributed by atoms with Crippen LogP contribution in [-0.4, -0.2) is 31.8 Å². The lowest BCUT2D eigenvalue weighted by Crippen LogP contribution is -2.22. The molecule has 0 unspecified atom stereocenters. The van der Waals surface area contributed by atoms with Gasteiger partial charge in [-0.1, -0.05) is 24.3 Å². The van der Waals surface area contributed by atoms with Crippen molar-refractivity contribution in [3.8, 4) is 21.7 Å². The minimum absolute atomic E-state index is 0.291. The SMILES string of the molecule is Cc1ccsc1-c1ccc(S(=O)(=O)N(C)C)cc1-c1cc2ccccc2[nH]1. The van der Waals surface area contributed by atoms with Gasteiger partial charge in [0.1, 0.15) is 0 Å². The molecule has 2 aromatic heterocycles. The molecule has 0 bridgehead atoms. The Labute approximate surface area is 163 Å². The highest BCUT2D eigenvalue weighted by Gasteiger charge is 2.21. The zero-order valence-corrected chi connectivity index (χ0v) is 17.0. The van der Waals surface area contributed by atoms with Crippen molar-refractivity contribution in [1.82, 2.24) is 9.29 Å². The van der Waals surface area contributed by atoms with E-state index in [1.165, 1.54) is 9.87 Å². The van der Waals surface area contributed by atoms with Gasteiger partial charge in [0, 0.05) is 46.7 Å². The maximum absolute atomic E-state index is 12.7. The third kappa shape index (κ3) is 3.10. The van der Waals surface area contributed by atoms with Crippen LogP contribution in [-0.2, 0) is 10.0 Å². The molecule has 0 fully saturated rings. The molecule has 4 rings (SSSR count). The van der Waals surface area contributed by atoms with Gasteiger partial charge >= 0.3 is 0 Å². The summed E-state index contributed by atoms with van der Waals surface area (Å²) < 4.78 is 26.6. The zero-order valence-electron chi connectivity index (χ0n) is 15.4. The number of aryl methyl sites for hydroxylation is 1. The molecule has 0 spiro atoms. The Hall–Kier alpha value is -2.41. The number of nitrogens with zero attached hydrogens (tertiary/aromatic N) is 1. The summed E-state index contributed by atoms with van der Waals surface area (Å²) in [7, 11) is -0.409. The molecular formula is C21H20N2O2S2. The van der Waals surface area contributed by atoms with Crippen LogP contribution in [0.1, 0.15) is 5.56 Å². The molecule has 0 atom stereocenters. The van der Waals surface area contributed by atoms with Crippen molar-refractivity contribution in [2.24, 2.45) is 0 Å². The van der Waals surface area contributed by atoms with E-state index in [1.807, 2.05) is 30.3 Å². The van der Waals surface area contributed by atoms with Gasteiger partial charge in [0.2, 0.25) is 10.0 Å². The first-order valence-electron chi connectivity index (χ1n) is 8.57. The molecule has 1 N–H and O–H groups in total. The minimum Gasteiger partial charge on any atom is -0.355 e. The highest BCUT2D eigenvalue weighted by Crippen LogP contribution is 2.39. The summed E-state index contributed by atoms with van der Waals surface area (Å²) >= 11 is 1.66. The first-order valence-corrected chi connectivity index (χ1v) is 10.9. The number of sulfonamides is 1. The molecule has 0 aliphatic carbocycles. The Balaban J connectivity index is 1.99. The number of benzene rings is 2. The topological polar surface area (TPSA) is 53.2 Å². The van der Waals surface area contributed by atoms with Crippen molar-refractivity contribution in [2.45, 2.75) is 11.8 Å². The van der Waals surface area contributed by atoms with Crippen molar-refractivity contribution in [2.75, 3.05) is 14.1 Å². The van der Waals surface area contributed by atoms with Gasteiger partial charge in [0.15, 0.2) is 0 Å². The normalized spacial score (nSPS) is 12.1. The highest BCUT2D eigenvalue weighted by molar-refractivity contribution is 7.89. The van der Waals surface area contributed by atoms with Crippen LogP contribution in [0.3, 0.4) is 0 Å². The number of rotatable bonds is 4. The summed E-state index contributed by atoms with van der Waals surface area (Å²) in [5.41, 5.74) is 5.05. The minimum atomic E-state index is -3.51. The molecule has 4 aromatic rings. The maximum atomic E-state index is 12.7. The fourth-order valence-electron chi connectivity index (χ4n) is 3.18. The Morgan fingerprint density at radius 3 is 2.41 bits per heavy atom. The van der Waals surface area contributed by atoms with Crippen LogP contribution < -0.4 is 0 Å². The van der Waals surface area contributed by atoms with E-state index >= 15 is 0 Å². The predicted octanol–water partition coefficient (Wildman–Crippen LogP) is 5.12. The van der Waals surface area contributed by atoms with Gasteiger partial charge in [-0.25, -0.2) is 12.7 Å². The van der Waals surface area contributed by atoms with E-state index < -0.39 is 10.0 Å². The van der Waals surface area contributed by atoms with E-state index in [9.17, 15) is 8.42 Å². The van der Waals surface area contributed by atoms with Crippen LogP contribution in [0.4, 0.5) is 0 Å². The zero-order chi connectivity index (χ0) is 19.2. The van der Waals surface area contributed by atoms with E-state index in [-0.39, 0.29) is 0 Å². The number of aromatic nitrogens is 1. The quantitative estimate of drug-likeness (QED) is 0.520.